The Morgan fingerprint density at radius 1 is 1.04 bits per heavy atom. The molecule has 0 radical (unpaired) electrons. The van der Waals surface area contributed by atoms with Crippen LogP contribution in [0.5, 0.6) is 0 Å². The van der Waals surface area contributed by atoms with Gasteiger partial charge in [0.05, 0.1) is 5.97 Å². The predicted molar refractivity (Wildman–Crippen MR) is 75.2 cm³/mol. The number of carboxylic acids is 1. The number of hydrogen-bond acceptors (Lipinski definition) is 7. The van der Waals surface area contributed by atoms with E-state index in [9.17, 15) is 24.3 Å². The summed E-state index contributed by atoms with van der Waals surface area (Å²) in [5, 5.41) is 13.0. The van der Waals surface area contributed by atoms with Crippen LogP contribution in [0.2, 0.25) is 0 Å². The first-order valence-electron chi connectivity index (χ1n) is 6.55. The molecule has 0 saturated heterocycles. The van der Waals surface area contributed by atoms with Crippen molar-refractivity contribution in [3.05, 3.63) is 24.3 Å². The van der Waals surface area contributed by atoms with E-state index in [0.29, 0.717) is 0 Å². The lowest BCUT2D eigenvalue weighted by Crippen LogP contribution is -2.71. The zero-order valence-corrected chi connectivity index (χ0v) is 13.0. The second kappa shape index (κ2) is 9.36. The maximum Gasteiger partial charge on any atom is 0.333 e. The minimum atomic E-state index is -1.64. The summed E-state index contributed by atoms with van der Waals surface area (Å²) in [6.45, 7) is 8.53. The average Bonchev–Trinajstić information content (AvgIpc) is 2.47. The van der Waals surface area contributed by atoms with Gasteiger partial charge in [-0.05, 0) is 13.8 Å². The lowest BCUT2D eigenvalue weighted by atomic mass is 10.2. The molecule has 0 rings (SSSR count). The first kappa shape index (κ1) is 20.3. The largest absolute Gasteiger partial charge is 0.548 e. The van der Waals surface area contributed by atoms with Gasteiger partial charge in [0.15, 0.2) is 12.6 Å². The van der Waals surface area contributed by atoms with Crippen molar-refractivity contribution >= 4 is 23.8 Å². The van der Waals surface area contributed by atoms with Gasteiger partial charge in [-0.2, -0.15) is 0 Å². The summed E-state index contributed by atoms with van der Waals surface area (Å²) in [5.41, 5.74) is 3.68. The van der Waals surface area contributed by atoms with Crippen molar-refractivity contribution in [1.82, 2.24) is 5.32 Å². The fraction of sp³-hybridized carbons (Fsp3) is 0.429. The van der Waals surface area contributed by atoms with Gasteiger partial charge in [0.1, 0.15) is 12.6 Å². The van der Waals surface area contributed by atoms with Crippen molar-refractivity contribution in [2.45, 2.75) is 25.9 Å². The number of carbonyl (C=O) groups is 4. The standard InChI is InChI=1S/C14H20N2O7/c1-7(2)13(20)22-5-9(15)11(17)16-10(12(18)19)6-23-14(21)8(3)4/h9-10H,1,3,5-6,15H2,2,4H3,(H,16,17)(H,18,19)/t9-,10-/m0/s1. The number of nitrogens with one attached hydrogen (secondary N) is 1. The van der Waals surface area contributed by atoms with Crippen LogP contribution in [-0.2, 0) is 28.7 Å². The Kier molecular flexibility index (Phi) is 8.27. The van der Waals surface area contributed by atoms with E-state index in [2.05, 4.69) is 28.9 Å². The lowest BCUT2D eigenvalue weighted by molar-refractivity contribution is -0.409. The predicted octanol–water partition coefficient (Wildman–Crippen LogP) is -2.93. The zero-order valence-electron chi connectivity index (χ0n) is 13.0. The van der Waals surface area contributed by atoms with Crippen LogP contribution in [0.25, 0.3) is 0 Å². The highest BCUT2D eigenvalue weighted by molar-refractivity contribution is 5.89. The molecule has 0 bridgehead atoms. The van der Waals surface area contributed by atoms with Gasteiger partial charge in [0, 0.05) is 11.1 Å². The molecule has 0 aromatic carbocycles. The molecule has 9 nitrogen and oxygen atoms in total. The van der Waals surface area contributed by atoms with E-state index in [1.807, 2.05) is 0 Å². The average molecular weight is 328 g/mol. The van der Waals surface area contributed by atoms with Gasteiger partial charge in [-0.25, -0.2) is 9.59 Å². The first-order chi connectivity index (χ1) is 10.6. The summed E-state index contributed by atoms with van der Waals surface area (Å²) >= 11 is 0. The van der Waals surface area contributed by atoms with Gasteiger partial charge in [-0.15, -0.1) is 0 Å². The molecule has 0 aliphatic heterocycles. The Hall–Kier alpha value is -2.68. The molecule has 128 valence electrons. The Morgan fingerprint density at radius 3 is 1.87 bits per heavy atom. The van der Waals surface area contributed by atoms with E-state index in [0.717, 1.165) is 0 Å². The Morgan fingerprint density at radius 2 is 1.48 bits per heavy atom. The second-order valence-electron chi connectivity index (χ2n) is 4.83. The molecule has 2 atom stereocenters. The fourth-order valence-electron chi connectivity index (χ4n) is 1.12. The molecule has 23 heavy (non-hydrogen) atoms. The zero-order chi connectivity index (χ0) is 18.2. The molecule has 0 unspecified atom stereocenters. The molecule has 0 aromatic rings. The first-order valence-corrected chi connectivity index (χ1v) is 6.55. The number of hydrogen-bond donors (Lipinski definition) is 2. The van der Waals surface area contributed by atoms with Crippen molar-refractivity contribution in [3.63, 3.8) is 0 Å². The number of carbonyl (C=O) groups excluding carboxylic acids is 4. The van der Waals surface area contributed by atoms with Crippen LogP contribution in [0.1, 0.15) is 13.8 Å². The number of aliphatic carboxylic acids is 1. The van der Waals surface area contributed by atoms with Gasteiger partial charge in [-0.1, -0.05) is 13.2 Å². The normalized spacial score (nSPS) is 12.5. The minimum Gasteiger partial charge on any atom is -0.548 e. The monoisotopic (exact) mass is 328 g/mol. The van der Waals surface area contributed by atoms with Gasteiger partial charge in [-0.3, -0.25) is 4.79 Å². The smallest absolute Gasteiger partial charge is 0.333 e. The van der Waals surface area contributed by atoms with Gasteiger partial charge in [0.2, 0.25) is 0 Å². The van der Waals surface area contributed by atoms with Crippen molar-refractivity contribution < 1.29 is 39.5 Å². The molecule has 0 fully saturated rings. The van der Waals surface area contributed by atoms with Crippen molar-refractivity contribution in [1.29, 1.82) is 0 Å². The van der Waals surface area contributed by atoms with Crippen LogP contribution in [-0.4, -0.2) is 49.1 Å². The van der Waals surface area contributed by atoms with Gasteiger partial charge >= 0.3 is 11.9 Å². The Bertz CT molecular complexity index is 527. The Labute approximate surface area is 133 Å². The number of amides is 1. The van der Waals surface area contributed by atoms with E-state index < -0.39 is 42.5 Å². The summed E-state index contributed by atoms with van der Waals surface area (Å²) in [4.78, 5) is 45.1. The number of carboxylic acid groups (broad SMARTS) is 1. The van der Waals surface area contributed by atoms with Crippen LogP contribution in [0.4, 0.5) is 0 Å². The molecule has 0 spiro atoms. The van der Waals surface area contributed by atoms with Crippen LogP contribution in [0, 0.1) is 0 Å². The molecule has 4 N–H and O–H groups in total. The molecule has 0 heterocycles. The summed E-state index contributed by atoms with van der Waals surface area (Å²) in [6, 6.07) is -2.62. The summed E-state index contributed by atoms with van der Waals surface area (Å²) in [6.07, 6.45) is 0. The topological polar surface area (TPSA) is 149 Å². The minimum absolute atomic E-state index is 0.0789. The molecule has 0 aliphatic carbocycles. The highest BCUT2D eigenvalue weighted by Crippen LogP contribution is 1.96. The van der Waals surface area contributed by atoms with Gasteiger partial charge in [0.25, 0.3) is 5.91 Å². The van der Waals surface area contributed by atoms with E-state index >= 15 is 0 Å². The molecule has 0 saturated carbocycles. The van der Waals surface area contributed by atoms with E-state index in [-0.39, 0.29) is 17.8 Å². The number of esters is 2. The number of ether oxygens (including phenoxy) is 2. The summed E-state index contributed by atoms with van der Waals surface area (Å²) in [7, 11) is 0. The van der Waals surface area contributed by atoms with E-state index in [1.54, 1.807) is 0 Å². The van der Waals surface area contributed by atoms with Crippen molar-refractivity contribution in [2.75, 3.05) is 13.2 Å². The summed E-state index contributed by atoms with van der Waals surface area (Å²) in [5.74, 6) is -3.94. The van der Waals surface area contributed by atoms with Crippen LogP contribution < -0.4 is 16.2 Å². The van der Waals surface area contributed by atoms with Crippen molar-refractivity contribution in [3.8, 4) is 0 Å². The maximum atomic E-state index is 11.8. The van der Waals surface area contributed by atoms with E-state index in [4.69, 9.17) is 4.74 Å². The number of quaternary nitrogens is 1. The molecule has 9 heteroatoms. The van der Waals surface area contributed by atoms with Crippen molar-refractivity contribution in [2.24, 2.45) is 0 Å². The van der Waals surface area contributed by atoms with Crippen LogP contribution >= 0.6 is 0 Å². The van der Waals surface area contributed by atoms with Crippen LogP contribution in [0.15, 0.2) is 24.3 Å². The third-order valence-corrected chi connectivity index (χ3v) is 2.47. The van der Waals surface area contributed by atoms with Gasteiger partial charge < -0.3 is 30.4 Å². The maximum absolute atomic E-state index is 11.8. The highest BCUT2D eigenvalue weighted by Gasteiger charge is 2.24. The second-order valence-corrected chi connectivity index (χ2v) is 4.83. The molecular formula is C14H20N2O7. The van der Waals surface area contributed by atoms with E-state index in [1.165, 1.54) is 13.8 Å². The van der Waals surface area contributed by atoms with Crippen LogP contribution in [0.3, 0.4) is 0 Å². The number of rotatable bonds is 9. The molecular weight excluding hydrogens is 308 g/mol. The summed E-state index contributed by atoms with van der Waals surface area (Å²) < 4.78 is 9.38. The SMILES string of the molecule is C=C(C)C(=O)OC[C@H](NC(=O)[C@@H]([NH3+])COC(=O)C(=C)C)C(=O)[O-]. The molecule has 1 amide bonds. The highest BCUT2D eigenvalue weighted by atomic mass is 16.5. The quantitative estimate of drug-likeness (QED) is 0.340. The molecule has 0 aliphatic rings. The third-order valence-electron chi connectivity index (χ3n) is 2.47. The molecule has 0 aromatic heterocycles. The lowest BCUT2D eigenvalue weighted by Gasteiger charge is -2.20. The Balaban J connectivity index is 4.51. The third kappa shape index (κ3) is 7.77. The fourth-order valence-corrected chi connectivity index (χ4v) is 1.12.